The summed E-state index contributed by atoms with van der Waals surface area (Å²) in [7, 11) is 0. The number of hydrogen-bond acceptors (Lipinski definition) is 4. The van der Waals surface area contributed by atoms with Crippen LogP contribution < -0.4 is 10.6 Å². The Morgan fingerprint density at radius 3 is 2.57 bits per heavy atom. The summed E-state index contributed by atoms with van der Waals surface area (Å²) in [5.74, 6) is 0.385. The van der Waals surface area contributed by atoms with Crippen LogP contribution in [-0.2, 0) is 11.3 Å². The van der Waals surface area contributed by atoms with Crippen molar-refractivity contribution in [2.24, 2.45) is 5.92 Å². The number of carbonyl (C=O) groups is 1. The summed E-state index contributed by atoms with van der Waals surface area (Å²) in [4.78, 5) is 11.7. The van der Waals surface area contributed by atoms with Crippen LogP contribution in [-0.4, -0.2) is 29.4 Å². The third kappa shape index (κ3) is 7.10. The standard InChI is InChI=1S/C17H27ClN2O3/c1-11(2)14(10-20-16(22)23-17(3,4)5)19-9-12-7-6-8-13(18)15(12)21/h6-8,11,14,19,21H,9-10H2,1-5H3,(H,20,22). The Labute approximate surface area is 143 Å². The number of amides is 1. The molecule has 1 unspecified atom stereocenters. The van der Waals surface area contributed by atoms with Crippen LogP contribution in [0.1, 0.15) is 40.2 Å². The fraction of sp³-hybridized carbons (Fsp3) is 0.588. The first-order valence-electron chi connectivity index (χ1n) is 7.76. The molecule has 0 saturated carbocycles. The zero-order valence-corrected chi connectivity index (χ0v) is 15.2. The Hall–Kier alpha value is -1.46. The van der Waals surface area contributed by atoms with Gasteiger partial charge in [0.1, 0.15) is 11.4 Å². The molecule has 0 aliphatic rings. The largest absolute Gasteiger partial charge is 0.506 e. The summed E-state index contributed by atoms with van der Waals surface area (Å²) in [6.45, 7) is 10.5. The maximum absolute atomic E-state index is 11.7. The van der Waals surface area contributed by atoms with E-state index in [4.69, 9.17) is 16.3 Å². The van der Waals surface area contributed by atoms with Gasteiger partial charge < -0.3 is 20.5 Å². The van der Waals surface area contributed by atoms with Gasteiger partial charge >= 0.3 is 6.09 Å². The smallest absolute Gasteiger partial charge is 0.407 e. The molecule has 1 amide bonds. The average molecular weight is 343 g/mol. The van der Waals surface area contributed by atoms with Crippen molar-refractivity contribution >= 4 is 17.7 Å². The zero-order chi connectivity index (χ0) is 17.6. The van der Waals surface area contributed by atoms with Gasteiger partial charge in [-0.1, -0.05) is 37.6 Å². The van der Waals surface area contributed by atoms with Crippen LogP contribution in [0.15, 0.2) is 18.2 Å². The van der Waals surface area contributed by atoms with E-state index in [1.54, 1.807) is 12.1 Å². The maximum Gasteiger partial charge on any atom is 0.407 e. The first-order valence-corrected chi connectivity index (χ1v) is 8.14. The molecular formula is C17H27ClN2O3. The van der Waals surface area contributed by atoms with E-state index in [0.29, 0.717) is 24.0 Å². The van der Waals surface area contributed by atoms with Crippen molar-refractivity contribution in [3.63, 3.8) is 0 Å². The predicted octanol–water partition coefficient (Wildman–Crippen LogP) is 3.68. The first kappa shape index (κ1) is 19.6. The van der Waals surface area contributed by atoms with Crippen LogP contribution in [0.3, 0.4) is 0 Å². The lowest BCUT2D eigenvalue weighted by Crippen LogP contribution is -2.45. The molecule has 0 aliphatic heterocycles. The number of ether oxygens (including phenoxy) is 1. The summed E-state index contributed by atoms with van der Waals surface area (Å²) in [6.07, 6.45) is -0.435. The van der Waals surface area contributed by atoms with Crippen molar-refractivity contribution in [1.29, 1.82) is 0 Å². The van der Waals surface area contributed by atoms with Crippen molar-refractivity contribution < 1.29 is 14.6 Å². The van der Waals surface area contributed by atoms with Gasteiger partial charge in [-0.25, -0.2) is 4.79 Å². The van der Waals surface area contributed by atoms with E-state index in [2.05, 4.69) is 24.5 Å². The first-order chi connectivity index (χ1) is 10.6. The normalized spacial score (nSPS) is 13.0. The van der Waals surface area contributed by atoms with Gasteiger partial charge in [0.25, 0.3) is 0 Å². The van der Waals surface area contributed by atoms with Crippen LogP contribution in [0.25, 0.3) is 0 Å². The number of carbonyl (C=O) groups excluding carboxylic acids is 1. The van der Waals surface area contributed by atoms with Crippen molar-refractivity contribution in [3.8, 4) is 5.75 Å². The lowest BCUT2D eigenvalue weighted by Gasteiger charge is -2.25. The fourth-order valence-corrected chi connectivity index (χ4v) is 2.19. The molecule has 0 saturated heterocycles. The molecule has 0 radical (unpaired) electrons. The van der Waals surface area contributed by atoms with E-state index in [-0.39, 0.29) is 11.8 Å². The number of alkyl carbamates (subject to hydrolysis) is 1. The Bertz CT molecular complexity index is 527. The quantitative estimate of drug-likeness (QED) is 0.737. The van der Waals surface area contributed by atoms with Crippen LogP contribution >= 0.6 is 11.6 Å². The van der Waals surface area contributed by atoms with E-state index in [0.717, 1.165) is 5.56 Å². The summed E-state index contributed by atoms with van der Waals surface area (Å²) in [6, 6.07) is 5.29. The van der Waals surface area contributed by atoms with Gasteiger partial charge in [0.05, 0.1) is 5.02 Å². The predicted molar refractivity (Wildman–Crippen MR) is 92.8 cm³/mol. The van der Waals surface area contributed by atoms with E-state index in [9.17, 15) is 9.90 Å². The second-order valence-corrected chi connectivity index (χ2v) is 7.27. The molecular weight excluding hydrogens is 316 g/mol. The Kier molecular flexibility index (Phi) is 7.16. The molecule has 1 atom stereocenters. The molecule has 0 spiro atoms. The number of rotatable bonds is 6. The van der Waals surface area contributed by atoms with Gasteiger partial charge in [-0.3, -0.25) is 0 Å². The molecule has 1 aromatic carbocycles. The highest BCUT2D eigenvalue weighted by atomic mass is 35.5. The Morgan fingerprint density at radius 1 is 1.35 bits per heavy atom. The second-order valence-electron chi connectivity index (χ2n) is 6.86. The number of phenols is 1. The summed E-state index contributed by atoms with van der Waals surface area (Å²) >= 11 is 5.90. The van der Waals surface area contributed by atoms with Gasteiger partial charge in [0.15, 0.2) is 0 Å². The molecule has 3 N–H and O–H groups in total. The highest BCUT2D eigenvalue weighted by Gasteiger charge is 2.19. The Morgan fingerprint density at radius 2 is 2.00 bits per heavy atom. The third-order valence-corrected chi connectivity index (χ3v) is 3.60. The highest BCUT2D eigenvalue weighted by Crippen LogP contribution is 2.26. The number of benzene rings is 1. The molecule has 0 aromatic heterocycles. The van der Waals surface area contributed by atoms with Crippen LogP contribution in [0.4, 0.5) is 4.79 Å². The molecule has 1 rings (SSSR count). The van der Waals surface area contributed by atoms with E-state index < -0.39 is 11.7 Å². The van der Waals surface area contributed by atoms with E-state index in [1.165, 1.54) is 0 Å². The number of nitrogens with one attached hydrogen (secondary N) is 2. The topological polar surface area (TPSA) is 70.6 Å². The molecule has 130 valence electrons. The summed E-state index contributed by atoms with van der Waals surface area (Å²) in [5.41, 5.74) is 0.206. The van der Waals surface area contributed by atoms with Gasteiger partial charge in [-0.15, -0.1) is 0 Å². The maximum atomic E-state index is 11.7. The van der Waals surface area contributed by atoms with Crippen LogP contribution in [0, 0.1) is 5.92 Å². The number of aromatic hydroxyl groups is 1. The van der Waals surface area contributed by atoms with Gasteiger partial charge in [-0.05, 0) is 32.8 Å². The number of halogens is 1. The number of hydrogen-bond donors (Lipinski definition) is 3. The van der Waals surface area contributed by atoms with Gasteiger partial charge in [0, 0.05) is 24.7 Å². The monoisotopic (exact) mass is 342 g/mol. The lowest BCUT2D eigenvalue weighted by atomic mass is 10.0. The fourth-order valence-electron chi connectivity index (χ4n) is 1.99. The summed E-state index contributed by atoms with van der Waals surface area (Å²) in [5, 5.41) is 16.4. The minimum Gasteiger partial charge on any atom is -0.506 e. The van der Waals surface area contributed by atoms with Crippen LogP contribution in [0.2, 0.25) is 5.02 Å². The minimum absolute atomic E-state index is 0.0425. The molecule has 0 aliphatic carbocycles. The lowest BCUT2D eigenvalue weighted by molar-refractivity contribution is 0.0519. The van der Waals surface area contributed by atoms with Gasteiger partial charge in [0.2, 0.25) is 0 Å². The molecule has 0 heterocycles. The number of para-hydroxylation sites is 1. The van der Waals surface area contributed by atoms with Crippen molar-refractivity contribution in [2.75, 3.05) is 6.54 Å². The second kappa shape index (κ2) is 8.41. The summed E-state index contributed by atoms with van der Waals surface area (Å²) < 4.78 is 5.23. The molecule has 0 bridgehead atoms. The van der Waals surface area contributed by atoms with Crippen LogP contribution in [0.5, 0.6) is 5.75 Å². The molecule has 6 heteroatoms. The Balaban J connectivity index is 2.56. The van der Waals surface area contributed by atoms with Crippen molar-refractivity contribution in [1.82, 2.24) is 10.6 Å². The average Bonchev–Trinajstić information content (AvgIpc) is 2.40. The van der Waals surface area contributed by atoms with E-state index >= 15 is 0 Å². The minimum atomic E-state index is -0.516. The van der Waals surface area contributed by atoms with Crippen molar-refractivity contribution in [2.45, 2.75) is 52.8 Å². The number of phenolic OH excluding ortho intramolecular Hbond substituents is 1. The highest BCUT2D eigenvalue weighted by molar-refractivity contribution is 6.32. The van der Waals surface area contributed by atoms with Gasteiger partial charge in [-0.2, -0.15) is 0 Å². The SMILES string of the molecule is CC(C)C(CNC(=O)OC(C)(C)C)NCc1cccc(Cl)c1O. The third-order valence-electron chi connectivity index (χ3n) is 3.29. The molecule has 23 heavy (non-hydrogen) atoms. The molecule has 1 aromatic rings. The zero-order valence-electron chi connectivity index (χ0n) is 14.4. The van der Waals surface area contributed by atoms with E-state index in [1.807, 2.05) is 26.8 Å². The van der Waals surface area contributed by atoms with Crippen molar-refractivity contribution in [3.05, 3.63) is 28.8 Å². The molecule has 5 nitrogen and oxygen atoms in total. The molecule has 0 fully saturated rings.